The number of piperidine rings is 1. The Morgan fingerprint density at radius 2 is 1.92 bits per heavy atom. The second-order valence-corrected chi connectivity index (χ2v) is 9.06. The molecule has 0 N–H and O–H groups in total. The number of rotatable bonds is 3. The molecule has 1 aromatic carbocycles. The Kier molecular flexibility index (Phi) is 5.42. The third-order valence-electron chi connectivity index (χ3n) is 5.17. The van der Waals surface area contributed by atoms with Crippen LogP contribution in [-0.4, -0.2) is 51.9 Å². The fourth-order valence-electron chi connectivity index (χ4n) is 3.83. The van der Waals surface area contributed by atoms with Crippen LogP contribution in [0.2, 0.25) is 0 Å². The Morgan fingerprint density at radius 1 is 1.20 bits per heavy atom. The molecule has 0 aliphatic carbocycles. The molecule has 0 aromatic heterocycles. The van der Waals surface area contributed by atoms with Crippen molar-refractivity contribution in [2.24, 2.45) is 5.92 Å². The quantitative estimate of drug-likeness (QED) is 0.828. The molecule has 0 radical (unpaired) electrons. The summed E-state index contributed by atoms with van der Waals surface area (Å²) in [4.78, 5) is 29.3. The van der Waals surface area contributed by atoms with Gasteiger partial charge < -0.3 is 9.80 Å². The van der Waals surface area contributed by atoms with Crippen molar-refractivity contribution < 1.29 is 9.59 Å². The minimum absolute atomic E-state index is 0.130. The van der Waals surface area contributed by atoms with Crippen molar-refractivity contribution in [1.29, 1.82) is 0 Å². The van der Waals surface area contributed by atoms with Crippen molar-refractivity contribution in [2.75, 3.05) is 25.4 Å². The monoisotopic (exact) mass is 360 g/mol. The maximum Gasteiger partial charge on any atom is 0.255 e. The molecule has 0 saturated carbocycles. The van der Waals surface area contributed by atoms with Gasteiger partial charge in [0.1, 0.15) is 0 Å². The fourth-order valence-corrected chi connectivity index (χ4v) is 5.28. The maximum absolute atomic E-state index is 13.1. The van der Waals surface area contributed by atoms with Crippen LogP contribution in [0.5, 0.6) is 0 Å². The van der Waals surface area contributed by atoms with E-state index in [1.54, 1.807) is 0 Å². The standard InChI is InChI=1S/C20H28N2O2S/c1-15(2)13-18(23)21-9-7-20(8-10-21)22(11-12-25-20)19(24)17-6-4-5-16(3)14-17/h4-6,14-15H,7-13H2,1-3H3. The molecule has 4 nitrogen and oxygen atoms in total. The Labute approximate surface area is 154 Å². The number of carbonyl (C=O) groups is 2. The van der Waals surface area contributed by atoms with Gasteiger partial charge in [-0.25, -0.2) is 0 Å². The molecule has 5 heteroatoms. The highest BCUT2D eigenvalue weighted by molar-refractivity contribution is 8.00. The Hall–Kier alpha value is -1.49. The van der Waals surface area contributed by atoms with Crippen molar-refractivity contribution in [3.05, 3.63) is 35.4 Å². The predicted octanol–water partition coefficient (Wildman–Crippen LogP) is 3.55. The first-order chi connectivity index (χ1) is 11.9. The molecule has 2 fully saturated rings. The molecular formula is C20H28N2O2S. The molecule has 3 rings (SSSR count). The van der Waals surface area contributed by atoms with Crippen LogP contribution < -0.4 is 0 Å². The van der Waals surface area contributed by atoms with E-state index in [-0.39, 0.29) is 16.7 Å². The molecular weight excluding hydrogens is 332 g/mol. The van der Waals surface area contributed by atoms with E-state index in [4.69, 9.17) is 0 Å². The summed E-state index contributed by atoms with van der Waals surface area (Å²) in [6.07, 6.45) is 2.37. The van der Waals surface area contributed by atoms with Gasteiger partial charge in [-0.05, 0) is 37.8 Å². The molecule has 25 heavy (non-hydrogen) atoms. The number of hydrogen-bond acceptors (Lipinski definition) is 3. The molecule has 0 bridgehead atoms. The first kappa shape index (κ1) is 18.3. The van der Waals surface area contributed by atoms with Crippen LogP contribution in [0.1, 0.15) is 49.0 Å². The first-order valence-corrected chi connectivity index (χ1v) is 10.2. The lowest BCUT2D eigenvalue weighted by Gasteiger charge is -2.44. The highest BCUT2D eigenvalue weighted by Crippen LogP contribution is 2.44. The summed E-state index contributed by atoms with van der Waals surface area (Å²) in [5, 5.41) is 0. The van der Waals surface area contributed by atoms with E-state index in [9.17, 15) is 9.59 Å². The first-order valence-electron chi connectivity index (χ1n) is 9.22. The van der Waals surface area contributed by atoms with Crippen molar-refractivity contribution in [2.45, 2.75) is 44.9 Å². The summed E-state index contributed by atoms with van der Waals surface area (Å²) in [6.45, 7) is 8.50. The Balaban J connectivity index is 1.70. The summed E-state index contributed by atoms with van der Waals surface area (Å²) < 4.78 is 0. The lowest BCUT2D eigenvalue weighted by atomic mass is 9.99. The predicted molar refractivity (Wildman–Crippen MR) is 103 cm³/mol. The molecule has 2 heterocycles. The zero-order valence-electron chi connectivity index (χ0n) is 15.5. The largest absolute Gasteiger partial charge is 0.342 e. The van der Waals surface area contributed by atoms with Gasteiger partial charge in [0.05, 0.1) is 4.87 Å². The molecule has 1 spiro atoms. The molecule has 136 valence electrons. The van der Waals surface area contributed by atoms with Crippen LogP contribution in [0.15, 0.2) is 24.3 Å². The van der Waals surface area contributed by atoms with Gasteiger partial charge in [-0.2, -0.15) is 0 Å². The smallest absolute Gasteiger partial charge is 0.255 e. The average Bonchev–Trinajstić information content (AvgIpc) is 2.97. The molecule has 2 saturated heterocycles. The molecule has 2 aliphatic heterocycles. The number of hydrogen-bond donors (Lipinski definition) is 0. The van der Waals surface area contributed by atoms with Crippen molar-refractivity contribution in [3.8, 4) is 0 Å². The number of carbonyl (C=O) groups excluding carboxylic acids is 2. The SMILES string of the molecule is Cc1cccc(C(=O)N2CCSC23CCN(C(=O)CC(C)C)CC3)c1. The van der Waals surface area contributed by atoms with E-state index < -0.39 is 0 Å². The molecule has 2 aliphatic rings. The molecule has 1 aromatic rings. The van der Waals surface area contributed by atoms with Gasteiger partial charge in [0.2, 0.25) is 5.91 Å². The van der Waals surface area contributed by atoms with Crippen molar-refractivity contribution >= 4 is 23.6 Å². The number of thioether (sulfide) groups is 1. The second-order valence-electron chi connectivity index (χ2n) is 7.60. The topological polar surface area (TPSA) is 40.6 Å². The summed E-state index contributed by atoms with van der Waals surface area (Å²) in [5.74, 6) is 1.76. The minimum Gasteiger partial charge on any atom is -0.342 e. The van der Waals surface area contributed by atoms with Gasteiger partial charge in [-0.15, -0.1) is 11.8 Å². The summed E-state index contributed by atoms with van der Waals surface area (Å²) in [6, 6.07) is 7.85. The van der Waals surface area contributed by atoms with E-state index in [0.29, 0.717) is 12.3 Å². The van der Waals surface area contributed by atoms with E-state index in [2.05, 4.69) is 18.7 Å². The van der Waals surface area contributed by atoms with Crippen LogP contribution in [-0.2, 0) is 4.79 Å². The average molecular weight is 361 g/mol. The Bertz CT molecular complexity index is 651. The van der Waals surface area contributed by atoms with Crippen LogP contribution >= 0.6 is 11.8 Å². The summed E-state index contributed by atoms with van der Waals surface area (Å²) in [7, 11) is 0. The van der Waals surface area contributed by atoms with E-state index in [0.717, 1.165) is 49.4 Å². The summed E-state index contributed by atoms with van der Waals surface area (Å²) in [5.41, 5.74) is 1.89. The highest BCUT2D eigenvalue weighted by atomic mass is 32.2. The second kappa shape index (κ2) is 7.40. The van der Waals surface area contributed by atoms with Crippen LogP contribution in [0.25, 0.3) is 0 Å². The number of benzene rings is 1. The molecule has 0 atom stereocenters. The third-order valence-corrected chi connectivity index (χ3v) is 6.72. The van der Waals surface area contributed by atoms with Crippen LogP contribution in [0.3, 0.4) is 0 Å². The zero-order chi connectivity index (χ0) is 18.0. The van der Waals surface area contributed by atoms with Gasteiger partial charge in [0.15, 0.2) is 0 Å². The van der Waals surface area contributed by atoms with E-state index in [1.807, 2.05) is 47.9 Å². The summed E-state index contributed by atoms with van der Waals surface area (Å²) >= 11 is 1.90. The van der Waals surface area contributed by atoms with Gasteiger partial charge in [0.25, 0.3) is 5.91 Å². The number of likely N-dealkylation sites (tertiary alicyclic amines) is 1. The van der Waals surface area contributed by atoms with Crippen molar-refractivity contribution in [3.63, 3.8) is 0 Å². The number of amides is 2. The highest BCUT2D eigenvalue weighted by Gasteiger charge is 2.47. The minimum atomic E-state index is -0.130. The van der Waals surface area contributed by atoms with Gasteiger partial charge in [-0.3, -0.25) is 9.59 Å². The molecule has 2 amide bonds. The van der Waals surface area contributed by atoms with Gasteiger partial charge >= 0.3 is 0 Å². The fraction of sp³-hybridized carbons (Fsp3) is 0.600. The van der Waals surface area contributed by atoms with Crippen molar-refractivity contribution in [1.82, 2.24) is 9.80 Å². The molecule has 0 unspecified atom stereocenters. The van der Waals surface area contributed by atoms with Gasteiger partial charge in [0, 0.05) is 37.4 Å². The zero-order valence-corrected chi connectivity index (χ0v) is 16.3. The lowest BCUT2D eigenvalue weighted by molar-refractivity contribution is -0.133. The maximum atomic E-state index is 13.1. The van der Waals surface area contributed by atoms with Gasteiger partial charge in [-0.1, -0.05) is 31.5 Å². The normalized spacial score (nSPS) is 19.7. The Morgan fingerprint density at radius 3 is 2.56 bits per heavy atom. The number of nitrogens with zero attached hydrogens (tertiary/aromatic N) is 2. The van der Waals surface area contributed by atoms with E-state index in [1.165, 1.54) is 0 Å². The van der Waals surface area contributed by atoms with Crippen LogP contribution in [0.4, 0.5) is 0 Å². The third kappa shape index (κ3) is 3.86. The van der Waals surface area contributed by atoms with Crippen LogP contribution in [0, 0.1) is 12.8 Å². The lowest BCUT2D eigenvalue weighted by Crippen LogP contribution is -2.53. The number of aryl methyl sites for hydroxylation is 1. The van der Waals surface area contributed by atoms with E-state index >= 15 is 0 Å².